The Morgan fingerprint density at radius 3 is 2.71 bits per heavy atom. The molecule has 4 nitrogen and oxygen atoms in total. The van der Waals surface area contributed by atoms with Gasteiger partial charge in [0.25, 0.3) is 5.89 Å². The number of hydrogen-bond acceptors (Lipinski definition) is 4. The molecule has 0 atom stereocenters. The molecule has 0 spiro atoms. The summed E-state index contributed by atoms with van der Waals surface area (Å²) in [4.78, 5) is 4.11. The van der Waals surface area contributed by atoms with Gasteiger partial charge in [-0.2, -0.15) is 4.98 Å². The molecule has 5 heteroatoms. The van der Waals surface area contributed by atoms with E-state index in [1.165, 1.54) is 0 Å². The van der Waals surface area contributed by atoms with Crippen LogP contribution in [0.1, 0.15) is 5.82 Å². The number of nitrogen functional groups attached to an aromatic ring is 1. The Morgan fingerprint density at radius 1 is 1.36 bits per heavy atom. The lowest BCUT2D eigenvalue weighted by Crippen LogP contribution is -1.86. The zero-order valence-corrected chi connectivity index (χ0v) is 9.08. The molecule has 0 unspecified atom stereocenters. The molecule has 2 aromatic rings. The first-order valence-electron chi connectivity index (χ1n) is 4.02. The van der Waals surface area contributed by atoms with Crippen molar-refractivity contribution in [2.75, 3.05) is 5.73 Å². The number of nitrogens with zero attached hydrogens (tertiary/aromatic N) is 2. The molecule has 0 bridgehead atoms. The fourth-order valence-corrected chi connectivity index (χ4v) is 1.66. The highest BCUT2D eigenvalue weighted by atomic mass is 79.9. The highest BCUT2D eigenvalue weighted by Crippen LogP contribution is 2.24. The van der Waals surface area contributed by atoms with Crippen molar-refractivity contribution < 1.29 is 4.52 Å². The molecule has 1 heterocycles. The summed E-state index contributed by atoms with van der Waals surface area (Å²) in [5, 5.41) is 3.71. The third-order valence-corrected chi connectivity index (χ3v) is 2.15. The largest absolute Gasteiger partial charge is 0.399 e. The zero-order valence-electron chi connectivity index (χ0n) is 7.49. The molecule has 0 aliphatic carbocycles. The topological polar surface area (TPSA) is 64.9 Å². The van der Waals surface area contributed by atoms with Gasteiger partial charge in [-0.05, 0) is 25.1 Å². The third kappa shape index (κ3) is 1.77. The van der Waals surface area contributed by atoms with E-state index >= 15 is 0 Å². The number of benzene rings is 1. The first kappa shape index (κ1) is 9.21. The number of aromatic nitrogens is 2. The number of rotatable bonds is 1. The van der Waals surface area contributed by atoms with Crippen LogP contribution >= 0.6 is 15.9 Å². The van der Waals surface area contributed by atoms with Crippen LogP contribution in [0, 0.1) is 6.92 Å². The van der Waals surface area contributed by atoms with Gasteiger partial charge in [-0.1, -0.05) is 21.1 Å². The SMILES string of the molecule is Cc1noc(-c2cc(N)cc(Br)c2)n1. The van der Waals surface area contributed by atoms with Gasteiger partial charge >= 0.3 is 0 Å². The van der Waals surface area contributed by atoms with Crippen molar-refractivity contribution >= 4 is 21.6 Å². The maximum Gasteiger partial charge on any atom is 0.258 e. The van der Waals surface area contributed by atoms with Gasteiger partial charge in [-0.15, -0.1) is 0 Å². The lowest BCUT2D eigenvalue weighted by molar-refractivity contribution is 0.425. The minimum absolute atomic E-state index is 0.482. The van der Waals surface area contributed by atoms with Gasteiger partial charge in [-0.3, -0.25) is 0 Å². The molecule has 0 fully saturated rings. The van der Waals surface area contributed by atoms with Gasteiger partial charge in [0, 0.05) is 15.7 Å². The summed E-state index contributed by atoms with van der Waals surface area (Å²) in [6.07, 6.45) is 0. The van der Waals surface area contributed by atoms with Crippen molar-refractivity contribution in [3.63, 3.8) is 0 Å². The molecule has 2 N–H and O–H groups in total. The Hall–Kier alpha value is -1.36. The van der Waals surface area contributed by atoms with E-state index in [-0.39, 0.29) is 0 Å². The van der Waals surface area contributed by atoms with Gasteiger partial charge in [0.2, 0.25) is 0 Å². The Labute approximate surface area is 89.2 Å². The second-order valence-electron chi connectivity index (χ2n) is 2.92. The van der Waals surface area contributed by atoms with Crippen LogP contribution in [0.25, 0.3) is 11.5 Å². The maximum absolute atomic E-state index is 5.68. The minimum Gasteiger partial charge on any atom is -0.399 e. The Kier molecular flexibility index (Phi) is 2.25. The van der Waals surface area contributed by atoms with E-state index in [2.05, 4.69) is 26.1 Å². The van der Waals surface area contributed by atoms with Crippen LogP contribution in [0.2, 0.25) is 0 Å². The van der Waals surface area contributed by atoms with Crippen molar-refractivity contribution in [1.82, 2.24) is 10.1 Å². The molecule has 1 aromatic carbocycles. The molecule has 0 amide bonds. The molecule has 0 saturated heterocycles. The molecule has 1 aromatic heterocycles. The van der Waals surface area contributed by atoms with E-state index in [0.29, 0.717) is 17.4 Å². The summed E-state index contributed by atoms with van der Waals surface area (Å²) >= 11 is 3.35. The first-order chi connectivity index (χ1) is 6.65. The molecular weight excluding hydrogens is 246 g/mol. The third-order valence-electron chi connectivity index (χ3n) is 1.69. The van der Waals surface area contributed by atoms with Gasteiger partial charge in [-0.25, -0.2) is 0 Å². The van der Waals surface area contributed by atoms with Crippen molar-refractivity contribution in [1.29, 1.82) is 0 Å². The molecule has 2 rings (SSSR count). The second kappa shape index (κ2) is 3.42. The predicted molar refractivity (Wildman–Crippen MR) is 56.6 cm³/mol. The van der Waals surface area contributed by atoms with Crippen LogP contribution < -0.4 is 5.73 Å². The Bertz CT molecular complexity index is 447. The van der Waals surface area contributed by atoms with Gasteiger partial charge in [0.15, 0.2) is 5.82 Å². The van der Waals surface area contributed by atoms with Crippen LogP contribution in [0.5, 0.6) is 0 Å². The van der Waals surface area contributed by atoms with E-state index in [0.717, 1.165) is 10.0 Å². The normalized spacial score (nSPS) is 10.4. The summed E-state index contributed by atoms with van der Waals surface area (Å²) in [6, 6.07) is 5.48. The van der Waals surface area contributed by atoms with Crippen LogP contribution in [-0.2, 0) is 0 Å². The fourth-order valence-electron chi connectivity index (χ4n) is 1.15. The summed E-state index contributed by atoms with van der Waals surface area (Å²) in [6.45, 7) is 1.77. The molecule has 0 aliphatic rings. The zero-order chi connectivity index (χ0) is 10.1. The lowest BCUT2D eigenvalue weighted by atomic mass is 10.2. The highest BCUT2D eigenvalue weighted by molar-refractivity contribution is 9.10. The van der Waals surface area contributed by atoms with Gasteiger partial charge in [0.05, 0.1) is 0 Å². The molecule has 14 heavy (non-hydrogen) atoms. The minimum atomic E-state index is 0.482. The van der Waals surface area contributed by atoms with Crippen molar-refractivity contribution in [3.05, 3.63) is 28.5 Å². The number of hydrogen-bond donors (Lipinski definition) is 1. The summed E-state index contributed by atoms with van der Waals surface area (Å²) in [5.41, 5.74) is 7.16. The Balaban J connectivity index is 2.51. The molecule has 0 aliphatic heterocycles. The number of aryl methyl sites for hydroxylation is 1. The van der Waals surface area contributed by atoms with Crippen molar-refractivity contribution in [2.45, 2.75) is 6.92 Å². The first-order valence-corrected chi connectivity index (χ1v) is 4.81. The monoisotopic (exact) mass is 253 g/mol. The number of nitrogens with two attached hydrogens (primary N) is 1. The van der Waals surface area contributed by atoms with Gasteiger partial charge in [0.1, 0.15) is 0 Å². The average molecular weight is 254 g/mol. The molecule has 72 valence electrons. The van der Waals surface area contributed by atoms with E-state index in [4.69, 9.17) is 10.3 Å². The fraction of sp³-hybridized carbons (Fsp3) is 0.111. The lowest BCUT2D eigenvalue weighted by Gasteiger charge is -1.98. The molecule has 0 saturated carbocycles. The van der Waals surface area contributed by atoms with Crippen LogP contribution in [0.4, 0.5) is 5.69 Å². The van der Waals surface area contributed by atoms with E-state index < -0.39 is 0 Å². The average Bonchev–Trinajstić information content (AvgIpc) is 2.50. The summed E-state index contributed by atoms with van der Waals surface area (Å²) < 4.78 is 5.91. The van der Waals surface area contributed by atoms with Crippen LogP contribution in [-0.4, -0.2) is 10.1 Å². The molecular formula is C9H8BrN3O. The quantitative estimate of drug-likeness (QED) is 0.793. The number of anilines is 1. The second-order valence-corrected chi connectivity index (χ2v) is 3.84. The summed E-state index contributed by atoms with van der Waals surface area (Å²) in [5.74, 6) is 1.09. The maximum atomic E-state index is 5.68. The van der Waals surface area contributed by atoms with Crippen molar-refractivity contribution in [2.24, 2.45) is 0 Å². The van der Waals surface area contributed by atoms with Crippen LogP contribution in [0.3, 0.4) is 0 Å². The van der Waals surface area contributed by atoms with E-state index in [1.54, 1.807) is 13.0 Å². The highest BCUT2D eigenvalue weighted by Gasteiger charge is 2.07. The number of halogens is 1. The van der Waals surface area contributed by atoms with E-state index in [9.17, 15) is 0 Å². The molecule has 0 radical (unpaired) electrons. The van der Waals surface area contributed by atoms with Crippen LogP contribution in [0.15, 0.2) is 27.2 Å². The summed E-state index contributed by atoms with van der Waals surface area (Å²) in [7, 11) is 0. The standard InChI is InChI=1S/C9H8BrN3O/c1-5-12-9(14-13-5)6-2-7(10)4-8(11)3-6/h2-4H,11H2,1H3. The Morgan fingerprint density at radius 2 is 2.14 bits per heavy atom. The van der Waals surface area contributed by atoms with Crippen molar-refractivity contribution in [3.8, 4) is 11.5 Å². The predicted octanol–water partition coefficient (Wildman–Crippen LogP) is 2.39. The van der Waals surface area contributed by atoms with E-state index in [1.807, 2.05) is 12.1 Å². The smallest absolute Gasteiger partial charge is 0.258 e. The van der Waals surface area contributed by atoms with Gasteiger partial charge < -0.3 is 10.3 Å².